The van der Waals surface area contributed by atoms with E-state index in [1.165, 1.54) is 7.11 Å². The lowest BCUT2D eigenvalue weighted by Gasteiger charge is -2.51. The van der Waals surface area contributed by atoms with Crippen molar-refractivity contribution in [3.63, 3.8) is 0 Å². The molecule has 8 nitrogen and oxygen atoms in total. The van der Waals surface area contributed by atoms with Gasteiger partial charge < -0.3 is 24.0 Å². The number of carbonyl (C=O) groups is 3. The molecule has 0 N–H and O–H groups in total. The number of amides is 2. The van der Waals surface area contributed by atoms with Crippen LogP contribution in [0.4, 0.5) is 0 Å². The maximum absolute atomic E-state index is 14.2. The van der Waals surface area contributed by atoms with E-state index in [1.807, 2.05) is 78.6 Å². The van der Waals surface area contributed by atoms with E-state index in [9.17, 15) is 14.4 Å². The third-order valence-corrected chi connectivity index (χ3v) is 8.60. The smallest absolute Gasteiger partial charge is 0.320 e. The van der Waals surface area contributed by atoms with E-state index in [-0.39, 0.29) is 37.8 Å². The summed E-state index contributed by atoms with van der Waals surface area (Å²) in [6, 6.07) is 19.6. The first-order chi connectivity index (χ1) is 19.9. The molecule has 0 aliphatic carbocycles. The molecule has 5 rings (SSSR count). The minimum Gasteiger partial charge on any atom is -0.468 e. The quantitative estimate of drug-likeness (QED) is 0.421. The molecule has 41 heavy (non-hydrogen) atoms. The monoisotopic (exact) mass is 560 g/mol. The summed E-state index contributed by atoms with van der Waals surface area (Å²) in [5, 5.41) is 0. The van der Waals surface area contributed by atoms with Crippen LogP contribution < -0.4 is 0 Å². The van der Waals surface area contributed by atoms with Gasteiger partial charge in [-0.1, -0.05) is 60.7 Å². The lowest BCUT2D eigenvalue weighted by Crippen LogP contribution is -2.60. The number of methoxy groups -OCH3 is 1. The molecule has 2 saturated heterocycles. The average molecular weight is 561 g/mol. The third-order valence-electron chi connectivity index (χ3n) is 8.60. The van der Waals surface area contributed by atoms with Crippen LogP contribution in [0.3, 0.4) is 0 Å². The van der Waals surface area contributed by atoms with Gasteiger partial charge in [-0.2, -0.15) is 0 Å². The summed E-state index contributed by atoms with van der Waals surface area (Å²) >= 11 is 0. The predicted octanol–water partition coefficient (Wildman–Crippen LogP) is 4.49. The normalized spacial score (nSPS) is 26.2. The second kappa shape index (κ2) is 13.0. The highest BCUT2D eigenvalue weighted by molar-refractivity contribution is 5.92. The van der Waals surface area contributed by atoms with E-state index in [4.69, 9.17) is 14.2 Å². The van der Waals surface area contributed by atoms with Crippen molar-refractivity contribution >= 4 is 17.8 Å². The Morgan fingerprint density at radius 2 is 1.63 bits per heavy atom. The molecule has 4 atom stereocenters. The fraction of sp³-hybridized carbons (Fsp3) is 0.485. The molecule has 2 amide bonds. The molecule has 0 saturated carbocycles. The molecule has 3 aliphatic rings. The van der Waals surface area contributed by atoms with E-state index in [0.717, 1.165) is 30.4 Å². The third kappa shape index (κ3) is 6.23. The van der Waals surface area contributed by atoms with E-state index in [0.29, 0.717) is 25.4 Å². The van der Waals surface area contributed by atoms with Gasteiger partial charge in [0.25, 0.3) is 0 Å². The molecule has 8 heteroatoms. The first-order valence-electron chi connectivity index (χ1n) is 14.6. The Balaban J connectivity index is 1.46. The van der Waals surface area contributed by atoms with Gasteiger partial charge in [-0.25, -0.2) is 0 Å². The lowest BCUT2D eigenvalue weighted by molar-refractivity contribution is -0.178. The van der Waals surface area contributed by atoms with Gasteiger partial charge in [0.05, 0.1) is 33.0 Å². The van der Waals surface area contributed by atoms with Crippen molar-refractivity contribution in [1.82, 2.24) is 9.80 Å². The van der Waals surface area contributed by atoms with Gasteiger partial charge in [-0.15, -0.1) is 0 Å². The summed E-state index contributed by atoms with van der Waals surface area (Å²) in [7, 11) is 1.36. The van der Waals surface area contributed by atoms with Crippen molar-refractivity contribution in [3.8, 4) is 0 Å². The van der Waals surface area contributed by atoms with Gasteiger partial charge in [-0.05, 0) is 49.8 Å². The number of ether oxygens (including phenoxy) is 3. The first-order valence-corrected chi connectivity index (χ1v) is 14.6. The summed E-state index contributed by atoms with van der Waals surface area (Å²) < 4.78 is 17.8. The number of hydrogen-bond acceptors (Lipinski definition) is 6. The Bertz CT molecular complexity index is 1240. The van der Waals surface area contributed by atoms with Crippen LogP contribution >= 0.6 is 0 Å². The first kappa shape index (κ1) is 29.0. The van der Waals surface area contributed by atoms with Crippen LogP contribution in [0.25, 0.3) is 0 Å². The molecular weight excluding hydrogens is 520 g/mol. The molecule has 2 aromatic rings. The summed E-state index contributed by atoms with van der Waals surface area (Å²) in [5.74, 6) is -1.31. The van der Waals surface area contributed by atoms with Gasteiger partial charge in [0.15, 0.2) is 0 Å². The van der Waals surface area contributed by atoms with Crippen LogP contribution in [0.5, 0.6) is 0 Å². The van der Waals surface area contributed by atoms with E-state index in [1.54, 1.807) is 4.90 Å². The molecule has 2 fully saturated rings. The summed E-state index contributed by atoms with van der Waals surface area (Å²) in [6.45, 7) is 4.25. The second-order valence-electron chi connectivity index (χ2n) is 11.3. The highest BCUT2D eigenvalue weighted by atomic mass is 16.5. The zero-order valence-corrected chi connectivity index (χ0v) is 24.0. The molecule has 0 spiro atoms. The SMILES string of the molecule is COC(=O)[C@]12C[C@H](CC(=O)N3CCCCC3)C(=O)N(Cc3ccccc3)C1=C[C@H](COCc1ccccc1)O[C@@H]2C. The summed E-state index contributed by atoms with van der Waals surface area (Å²) in [6.07, 6.45) is 4.08. The molecule has 3 heterocycles. The number of benzene rings is 2. The minimum absolute atomic E-state index is 0.0354. The van der Waals surface area contributed by atoms with Gasteiger partial charge >= 0.3 is 5.97 Å². The Morgan fingerprint density at radius 3 is 2.29 bits per heavy atom. The summed E-state index contributed by atoms with van der Waals surface area (Å²) in [4.78, 5) is 44.7. The molecule has 2 aromatic carbocycles. The number of rotatable bonds is 9. The van der Waals surface area contributed by atoms with E-state index < -0.39 is 29.5 Å². The number of nitrogens with zero attached hydrogens (tertiary/aromatic N) is 2. The van der Waals surface area contributed by atoms with Crippen LogP contribution in [-0.2, 0) is 41.7 Å². The van der Waals surface area contributed by atoms with Crippen molar-refractivity contribution in [1.29, 1.82) is 0 Å². The van der Waals surface area contributed by atoms with E-state index >= 15 is 0 Å². The van der Waals surface area contributed by atoms with Gasteiger partial charge in [-0.3, -0.25) is 14.4 Å². The maximum atomic E-state index is 14.2. The molecule has 0 radical (unpaired) electrons. The molecule has 3 aliphatic heterocycles. The van der Waals surface area contributed by atoms with Crippen molar-refractivity contribution in [3.05, 3.63) is 83.6 Å². The van der Waals surface area contributed by atoms with Gasteiger partial charge in [0.2, 0.25) is 11.8 Å². The van der Waals surface area contributed by atoms with Crippen LogP contribution in [0, 0.1) is 11.3 Å². The minimum atomic E-state index is -1.22. The molecule has 0 aromatic heterocycles. The molecular formula is C33H40N2O6. The molecule has 0 bridgehead atoms. The molecule has 218 valence electrons. The summed E-state index contributed by atoms with van der Waals surface area (Å²) in [5.41, 5.74) is 1.33. The Hall–Kier alpha value is -3.49. The lowest BCUT2D eigenvalue weighted by atomic mass is 9.66. The number of hydrogen-bond donors (Lipinski definition) is 0. The zero-order chi connectivity index (χ0) is 28.8. The number of fused-ring (bicyclic) bond motifs is 1. The van der Waals surface area contributed by atoms with Crippen LogP contribution in [0.15, 0.2) is 72.4 Å². The highest BCUT2D eigenvalue weighted by Gasteiger charge is 2.59. The van der Waals surface area contributed by atoms with Crippen LogP contribution in [0.2, 0.25) is 0 Å². The van der Waals surface area contributed by atoms with Crippen molar-refractivity contribution in [2.45, 2.75) is 64.4 Å². The fourth-order valence-corrected chi connectivity index (χ4v) is 6.43. The highest BCUT2D eigenvalue weighted by Crippen LogP contribution is 2.50. The van der Waals surface area contributed by atoms with Crippen LogP contribution in [0.1, 0.15) is 50.2 Å². The standard InChI is InChI=1S/C33H40N2O6/c1-24-33(32(38)39-2)20-27(18-30(36)34-16-10-5-11-17-34)31(37)35(21-25-12-6-3-7-13-25)29(33)19-28(41-24)23-40-22-26-14-8-4-9-15-26/h3-4,6-9,12-15,19,24,27-28H,5,10-11,16-18,20-23H2,1-2H3/t24-,27+,28-,33+/m1/s1. The van der Waals surface area contributed by atoms with Crippen molar-refractivity contribution in [2.24, 2.45) is 11.3 Å². The predicted molar refractivity (Wildman–Crippen MR) is 153 cm³/mol. The van der Waals surface area contributed by atoms with Gasteiger partial charge in [0, 0.05) is 31.1 Å². The number of esters is 1. The number of carbonyl (C=O) groups excluding carboxylic acids is 3. The van der Waals surface area contributed by atoms with Crippen molar-refractivity contribution in [2.75, 3.05) is 26.8 Å². The van der Waals surface area contributed by atoms with Crippen LogP contribution in [-0.4, -0.2) is 66.6 Å². The topological polar surface area (TPSA) is 85.4 Å². The average Bonchev–Trinajstić information content (AvgIpc) is 3.01. The maximum Gasteiger partial charge on any atom is 0.320 e. The Labute approximate surface area is 242 Å². The van der Waals surface area contributed by atoms with Gasteiger partial charge in [0.1, 0.15) is 11.5 Å². The Morgan fingerprint density at radius 1 is 0.976 bits per heavy atom. The number of piperidine rings is 2. The second-order valence-corrected chi connectivity index (χ2v) is 11.3. The Kier molecular flexibility index (Phi) is 9.20. The largest absolute Gasteiger partial charge is 0.468 e. The molecule has 0 unspecified atom stereocenters. The zero-order valence-electron chi connectivity index (χ0n) is 24.0. The fourth-order valence-electron chi connectivity index (χ4n) is 6.43. The van der Waals surface area contributed by atoms with E-state index in [2.05, 4.69) is 0 Å². The van der Waals surface area contributed by atoms with Crippen molar-refractivity contribution < 1.29 is 28.6 Å². The number of likely N-dealkylation sites (tertiary alicyclic amines) is 2.